The van der Waals surface area contributed by atoms with Gasteiger partial charge in [0.1, 0.15) is 28.6 Å². The number of ether oxygens (including phenoxy) is 4. The number of carbonyl (C=O) groups is 1. The number of fused-ring (bicyclic) bond motifs is 1. The Morgan fingerprint density at radius 3 is 2.20 bits per heavy atom. The van der Waals surface area contributed by atoms with Crippen LogP contribution in [0, 0.1) is 0 Å². The summed E-state index contributed by atoms with van der Waals surface area (Å²) in [6.45, 7) is -0.408. The second-order valence-electron chi connectivity index (χ2n) is 13.3. The minimum absolute atomic E-state index is 0.0219. The number of nitrogens with one attached hydrogen (secondary N) is 2. The molecular formula is C39H42F3N7O7. The molecule has 1 unspecified atom stereocenters. The van der Waals surface area contributed by atoms with E-state index >= 15 is 0 Å². The van der Waals surface area contributed by atoms with Crippen molar-refractivity contribution in [1.29, 1.82) is 0 Å². The quantitative estimate of drug-likeness (QED) is 0.0591. The number of aliphatic hydroxyl groups is 1. The van der Waals surface area contributed by atoms with Crippen molar-refractivity contribution >= 4 is 29.2 Å². The lowest BCUT2D eigenvalue weighted by atomic mass is 9.80. The van der Waals surface area contributed by atoms with Crippen molar-refractivity contribution in [3.05, 3.63) is 112 Å². The summed E-state index contributed by atoms with van der Waals surface area (Å²) in [6.07, 6.45) is -6.32. The molecule has 2 aromatic heterocycles. The van der Waals surface area contributed by atoms with E-state index in [1.807, 2.05) is 84.2 Å². The minimum atomic E-state index is -5.02. The summed E-state index contributed by atoms with van der Waals surface area (Å²) >= 11 is 0. The van der Waals surface area contributed by atoms with Gasteiger partial charge in [-0.2, -0.15) is 23.3 Å². The standard InChI is InChI=1S/C39H42F3N7O7/c1-48(2)23-44-37-45-34-33(35(51)46-37)29(11-8-20-43-36(52)39(40,41)42)47-49(34)32-21-30(50)31(56-32)22-55-38(24-9-6-5-7-10-24,25-12-16-27(53-3)17-13-25)26-14-18-28(54-4)19-15-26/h5-7,9-10,12-19,23,30-32,50H,8,11,20-22H2,1-4H3,(H,43,52)(H,45,46,51)/b44-23+/t30?,31-,32-/m1/s1. The van der Waals surface area contributed by atoms with Gasteiger partial charge < -0.3 is 34.3 Å². The maximum atomic E-state index is 13.4. The lowest BCUT2D eigenvalue weighted by molar-refractivity contribution is -0.173. The number of hydrogen-bond acceptors (Lipinski definition) is 10. The van der Waals surface area contributed by atoms with Crippen molar-refractivity contribution < 1.29 is 42.0 Å². The third kappa shape index (κ3) is 8.54. The van der Waals surface area contributed by atoms with E-state index in [0.717, 1.165) is 16.7 Å². The van der Waals surface area contributed by atoms with Crippen LogP contribution in [0.1, 0.15) is 41.5 Å². The number of rotatable bonds is 15. The number of aliphatic hydroxyl groups excluding tert-OH is 1. The molecule has 1 saturated heterocycles. The molecule has 0 radical (unpaired) electrons. The number of hydrogen-bond donors (Lipinski definition) is 3. The number of H-pyrrole nitrogens is 1. The molecule has 3 atom stereocenters. The number of halogens is 3. The number of carbonyl (C=O) groups excluding carboxylic acids is 1. The Morgan fingerprint density at radius 1 is 1.02 bits per heavy atom. The first-order valence-electron chi connectivity index (χ1n) is 17.7. The van der Waals surface area contributed by atoms with E-state index < -0.39 is 41.7 Å². The Morgan fingerprint density at radius 2 is 1.62 bits per heavy atom. The molecule has 1 aliphatic heterocycles. The van der Waals surface area contributed by atoms with Crippen LogP contribution in [-0.2, 0) is 26.3 Å². The monoisotopic (exact) mass is 777 g/mol. The molecule has 56 heavy (non-hydrogen) atoms. The number of benzene rings is 3. The van der Waals surface area contributed by atoms with Crippen LogP contribution in [-0.4, -0.2) is 102 Å². The van der Waals surface area contributed by atoms with Crippen molar-refractivity contribution in [1.82, 2.24) is 30.0 Å². The third-order valence-electron chi connectivity index (χ3n) is 9.28. The normalized spacial score (nSPS) is 17.4. The van der Waals surface area contributed by atoms with Gasteiger partial charge in [0.05, 0.1) is 39.0 Å². The van der Waals surface area contributed by atoms with Crippen molar-refractivity contribution in [3.8, 4) is 11.5 Å². The molecule has 6 rings (SSSR count). The molecular weight excluding hydrogens is 735 g/mol. The van der Waals surface area contributed by atoms with Gasteiger partial charge in [0.25, 0.3) is 5.56 Å². The Balaban J connectivity index is 1.33. The van der Waals surface area contributed by atoms with Gasteiger partial charge in [0.2, 0.25) is 5.95 Å². The van der Waals surface area contributed by atoms with E-state index in [-0.39, 0.29) is 55.1 Å². The first-order chi connectivity index (χ1) is 26.8. The number of aromatic amines is 1. The number of aryl methyl sites for hydroxylation is 1. The van der Waals surface area contributed by atoms with E-state index in [4.69, 9.17) is 18.9 Å². The highest BCUT2D eigenvalue weighted by atomic mass is 19.4. The van der Waals surface area contributed by atoms with Crippen molar-refractivity contribution in [2.75, 3.05) is 41.5 Å². The topological polar surface area (TPSA) is 165 Å². The molecule has 1 aliphatic rings. The number of aromatic nitrogens is 4. The van der Waals surface area contributed by atoms with Gasteiger partial charge in [0, 0.05) is 27.1 Å². The Labute approximate surface area is 319 Å². The lowest BCUT2D eigenvalue weighted by Gasteiger charge is -2.37. The van der Waals surface area contributed by atoms with Crippen LogP contribution in [0.3, 0.4) is 0 Å². The van der Waals surface area contributed by atoms with Crippen molar-refractivity contribution in [2.45, 2.75) is 49.5 Å². The molecule has 0 spiro atoms. The fraction of sp³-hybridized carbons (Fsp3) is 0.359. The average Bonchev–Trinajstić information content (AvgIpc) is 3.76. The summed E-state index contributed by atoms with van der Waals surface area (Å²) in [7, 11) is 6.65. The van der Waals surface area contributed by atoms with Gasteiger partial charge in [-0.1, -0.05) is 54.6 Å². The second-order valence-corrected chi connectivity index (χ2v) is 13.3. The molecule has 0 aliphatic carbocycles. The fourth-order valence-corrected chi connectivity index (χ4v) is 6.56. The van der Waals surface area contributed by atoms with E-state index in [0.29, 0.717) is 11.5 Å². The van der Waals surface area contributed by atoms with Crippen LogP contribution in [0.5, 0.6) is 11.5 Å². The summed E-state index contributed by atoms with van der Waals surface area (Å²) in [5.41, 5.74) is 0.918. The zero-order valence-electron chi connectivity index (χ0n) is 31.1. The van der Waals surface area contributed by atoms with Gasteiger partial charge in [-0.05, 0) is 53.8 Å². The Kier molecular flexibility index (Phi) is 12.1. The molecule has 17 heteroatoms. The van der Waals surface area contributed by atoms with Gasteiger partial charge in [-0.25, -0.2) is 9.67 Å². The molecule has 0 bridgehead atoms. The van der Waals surface area contributed by atoms with Gasteiger partial charge in [-0.15, -0.1) is 0 Å². The summed E-state index contributed by atoms with van der Waals surface area (Å²) in [5, 5.41) is 18.0. The Bertz CT molecular complexity index is 2140. The number of methoxy groups -OCH3 is 2. The summed E-state index contributed by atoms with van der Waals surface area (Å²) in [5.74, 6) is -0.774. The summed E-state index contributed by atoms with van der Waals surface area (Å²) in [6, 6.07) is 24.6. The van der Waals surface area contributed by atoms with E-state index in [2.05, 4.69) is 20.1 Å². The molecule has 1 amide bonds. The second kappa shape index (κ2) is 16.9. The van der Waals surface area contributed by atoms with Crippen LogP contribution >= 0.6 is 0 Å². The molecule has 3 aromatic carbocycles. The van der Waals surface area contributed by atoms with E-state index in [1.54, 1.807) is 33.2 Å². The van der Waals surface area contributed by atoms with Crippen molar-refractivity contribution in [3.63, 3.8) is 0 Å². The zero-order chi connectivity index (χ0) is 40.0. The number of nitrogens with zero attached hydrogens (tertiary/aromatic N) is 5. The largest absolute Gasteiger partial charge is 0.497 e. The molecule has 1 fully saturated rings. The lowest BCUT2D eigenvalue weighted by Crippen LogP contribution is -2.38. The number of alkyl halides is 3. The smallest absolute Gasteiger partial charge is 0.471 e. The maximum absolute atomic E-state index is 13.4. The van der Waals surface area contributed by atoms with Crippen LogP contribution in [0.2, 0.25) is 0 Å². The van der Waals surface area contributed by atoms with Gasteiger partial charge >= 0.3 is 12.1 Å². The van der Waals surface area contributed by atoms with Crippen LogP contribution in [0.4, 0.5) is 19.1 Å². The number of amides is 1. The van der Waals surface area contributed by atoms with Gasteiger partial charge in [0.15, 0.2) is 11.9 Å². The van der Waals surface area contributed by atoms with E-state index in [1.165, 1.54) is 11.0 Å². The molecule has 5 aromatic rings. The molecule has 3 heterocycles. The van der Waals surface area contributed by atoms with Crippen LogP contribution in [0.15, 0.2) is 88.6 Å². The molecule has 0 saturated carbocycles. The third-order valence-corrected chi connectivity index (χ3v) is 9.28. The number of aliphatic imine (C=N–C) groups is 1. The summed E-state index contributed by atoms with van der Waals surface area (Å²) in [4.78, 5) is 37.8. The highest BCUT2D eigenvalue weighted by Crippen LogP contribution is 2.43. The predicted octanol–water partition coefficient (Wildman–Crippen LogP) is 4.63. The van der Waals surface area contributed by atoms with Gasteiger partial charge in [-0.3, -0.25) is 14.6 Å². The van der Waals surface area contributed by atoms with Crippen LogP contribution < -0.4 is 20.3 Å². The van der Waals surface area contributed by atoms with Crippen molar-refractivity contribution in [2.24, 2.45) is 4.99 Å². The summed E-state index contributed by atoms with van der Waals surface area (Å²) < 4.78 is 63.9. The molecule has 3 N–H and O–H groups in total. The molecule has 296 valence electrons. The molecule has 14 nitrogen and oxygen atoms in total. The zero-order valence-corrected chi connectivity index (χ0v) is 31.1. The van der Waals surface area contributed by atoms with Crippen LogP contribution in [0.25, 0.3) is 11.0 Å². The Hall–Kier alpha value is -5.78. The maximum Gasteiger partial charge on any atom is 0.471 e. The first-order valence-corrected chi connectivity index (χ1v) is 17.7. The highest BCUT2D eigenvalue weighted by molar-refractivity contribution is 5.81. The SMILES string of the molecule is COc1ccc(C(OC[C@H]2O[C@@H](n3nc(CCCNC(=O)C(F)(F)F)c4c(=O)[nH]c(/N=C/N(C)C)nc43)CC2O)(c2ccccc2)c2ccc(OC)cc2)cc1. The van der Waals surface area contributed by atoms with E-state index in [9.17, 15) is 27.9 Å². The predicted molar refractivity (Wildman–Crippen MR) is 200 cm³/mol. The highest BCUT2D eigenvalue weighted by Gasteiger charge is 2.43. The first kappa shape index (κ1) is 39.9. The fourth-order valence-electron chi connectivity index (χ4n) is 6.56. The average molecular weight is 778 g/mol. The minimum Gasteiger partial charge on any atom is -0.497 e.